The van der Waals surface area contributed by atoms with Crippen molar-refractivity contribution in [3.8, 4) is 0 Å². The number of hydrogen-bond acceptors (Lipinski definition) is 3. The molecule has 3 nitrogen and oxygen atoms in total. The molecule has 0 radical (unpaired) electrons. The van der Waals surface area contributed by atoms with Crippen LogP contribution < -0.4 is 0 Å². The zero-order valence-corrected chi connectivity index (χ0v) is 6.03. The SMILES string of the molecule is CC(=N)OC(C)OC(F)(F)F. The first-order valence-corrected chi connectivity index (χ1v) is 2.77. The molecule has 0 aromatic rings. The summed E-state index contributed by atoms with van der Waals surface area (Å²) >= 11 is 0. The molecule has 0 rings (SSSR count). The molecular weight excluding hydrogens is 163 g/mol. The van der Waals surface area contributed by atoms with Gasteiger partial charge in [-0.3, -0.25) is 10.1 Å². The van der Waals surface area contributed by atoms with Gasteiger partial charge in [0.2, 0.25) is 6.29 Å². The molecule has 66 valence electrons. The summed E-state index contributed by atoms with van der Waals surface area (Å²) < 4.78 is 41.8. The van der Waals surface area contributed by atoms with Crippen molar-refractivity contribution < 1.29 is 22.6 Å². The van der Waals surface area contributed by atoms with Gasteiger partial charge in [-0.2, -0.15) is 0 Å². The Bertz CT molecular complexity index is 145. The highest BCUT2D eigenvalue weighted by atomic mass is 19.4. The van der Waals surface area contributed by atoms with Crippen LogP contribution in [-0.2, 0) is 9.47 Å². The standard InChI is InChI=1S/C5H8F3NO2/c1-3(9)10-4(2)11-5(6,7)8/h4,9H,1-2H3. The van der Waals surface area contributed by atoms with Crippen LogP contribution in [0.4, 0.5) is 13.2 Å². The molecule has 0 heterocycles. The number of hydrogen-bond donors (Lipinski definition) is 1. The lowest BCUT2D eigenvalue weighted by atomic mass is 10.7. The van der Waals surface area contributed by atoms with Gasteiger partial charge in [-0.15, -0.1) is 13.2 Å². The van der Waals surface area contributed by atoms with E-state index in [0.717, 1.165) is 6.92 Å². The molecule has 0 saturated heterocycles. The molecule has 0 bridgehead atoms. The first-order chi connectivity index (χ1) is 4.81. The molecule has 6 heteroatoms. The maximum Gasteiger partial charge on any atom is 0.525 e. The van der Waals surface area contributed by atoms with Crippen LogP contribution in [0.5, 0.6) is 0 Å². The number of ether oxygens (including phenoxy) is 2. The fourth-order valence-electron chi connectivity index (χ4n) is 0.461. The van der Waals surface area contributed by atoms with Crippen LogP contribution in [0.25, 0.3) is 0 Å². The Morgan fingerprint density at radius 2 is 1.91 bits per heavy atom. The summed E-state index contributed by atoms with van der Waals surface area (Å²) in [6, 6.07) is 0. The second-order valence-corrected chi connectivity index (χ2v) is 1.81. The Labute approximate surface area is 61.6 Å². The third-order valence-corrected chi connectivity index (χ3v) is 0.642. The molecule has 0 saturated carbocycles. The largest absolute Gasteiger partial charge is 0.525 e. The molecule has 0 aliphatic heterocycles. The third-order valence-electron chi connectivity index (χ3n) is 0.642. The summed E-state index contributed by atoms with van der Waals surface area (Å²) in [6.07, 6.45) is -6.18. The van der Waals surface area contributed by atoms with Gasteiger partial charge in [0, 0.05) is 6.92 Å². The second-order valence-electron chi connectivity index (χ2n) is 1.81. The van der Waals surface area contributed by atoms with E-state index in [1.165, 1.54) is 6.92 Å². The fourth-order valence-corrected chi connectivity index (χ4v) is 0.461. The maximum absolute atomic E-state index is 11.4. The van der Waals surface area contributed by atoms with E-state index in [1.807, 2.05) is 0 Å². The first-order valence-electron chi connectivity index (χ1n) is 2.77. The third kappa shape index (κ3) is 7.11. The van der Waals surface area contributed by atoms with E-state index in [-0.39, 0.29) is 5.90 Å². The van der Waals surface area contributed by atoms with Crippen LogP contribution in [-0.4, -0.2) is 18.6 Å². The van der Waals surface area contributed by atoms with Crippen LogP contribution in [0.3, 0.4) is 0 Å². The smallest absolute Gasteiger partial charge is 0.453 e. The molecule has 0 fully saturated rings. The highest BCUT2D eigenvalue weighted by Gasteiger charge is 2.32. The quantitative estimate of drug-likeness (QED) is 0.391. The van der Waals surface area contributed by atoms with Gasteiger partial charge in [0.1, 0.15) is 0 Å². The maximum atomic E-state index is 11.4. The van der Waals surface area contributed by atoms with Crippen molar-refractivity contribution in [2.75, 3.05) is 0 Å². The molecule has 0 aromatic heterocycles. The minimum atomic E-state index is -4.71. The highest BCUT2D eigenvalue weighted by molar-refractivity contribution is 5.69. The average Bonchev–Trinajstić information content (AvgIpc) is 1.53. The van der Waals surface area contributed by atoms with E-state index in [9.17, 15) is 13.2 Å². The van der Waals surface area contributed by atoms with Gasteiger partial charge in [-0.25, -0.2) is 0 Å². The molecule has 0 amide bonds. The molecule has 0 spiro atoms. The van der Waals surface area contributed by atoms with E-state index in [4.69, 9.17) is 5.41 Å². The van der Waals surface area contributed by atoms with Crippen molar-refractivity contribution in [3.63, 3.8) is 0 Å². The molecule has 0 aliphatic rings. The summed E-state index contributed by atoms with van der Waals surface area (Å²) in [5.74, 6) is -0.318. The van der Waals surface area contributed by atoms with Crippen molar-refractivity contribution >= 4 is 5.90 Å². The van der Waals surface area contributed by atoms with E-state index in [0.29, 0.717) is 0 Å². The van der Waals surface area contributed by atoms with Gasteiger partial charge in [0.25, 0.3) is 0 Å². The Balaban J connectivity index is 3.69. The second kappa shape index (κ2) is 3.56. The van der Waals surface area contributed by atoms with Crippen LogP contribution >= 0.6 is 0 Å². The van der Waals surface area contributed by atoms with Crippen LogP contribution in [0.2, 0.25) is 0 Å². The summed E-state index contributed by atoms with van der Waals surface area (Å²) in [6.45, 7) is 2.28. The number of rotatable bonds is 2. The molecule has 1 N–H and O–H groups in total. The van der Waals surface area contributed by atoms with Gasteiger partial charge in [-0.05, 0) is 6.92 Å². The van der Waals surface area contributed by atoms with Crippen LogP contribution in [0, 0.1) is 5.41 Å². The Morgan fingerprint density at radius 1 is 1.45 bits per heavy atom. The predicted octanol–water partition coefficient (Wildman–Crippen LogP) is 1.88. The van der Waals surface area contributed by atoms with Gasteiger partial charge >= 0.3 is 6.36 Å². The van der Waals surface area contributed by atoms with Crippen molar-refractivity contribution in [2.45, 2.75) is 26.5 Å². The highest BCUT2D eigenvalue weighted by Crippen LogP contribution is 2.18. The van der Waals surface area contributed by atoms with Crippen molar-refractivity contribution in [2.24, 2.45) is 0 Å². The molecule has 1 atom stereocenters. The van der Waals surface area contributed by atoms with E-state index in [1.54, 1.807) is 0 Å². The van der Waals surface area contributed by atoms with Gasteiger partial charge in [-0.1, -0.05) is 0 Å². The molecule has 0 aromatic carbocycles. The first kappa shape index (κ1) is 10.2. The van der Waals surface area contributed by atoms with Crippen molar-refractivity contribution in [1.82, 2.24) is 0 Å². The molecule has 0 aliphatic carbocycles. The Morgan fingerprint density at radius 3 is 2.18 bits per heavy atom. The lowest BCUT2D eigenvalue weighted by Crippen LogP contribution is -2.24. The zero-order valence-electron chi connectivity index (χ0n) is 6.03. The summed E-state index contributed by atoms with van der Waals surface area (Å²) in [5.41, 5.74) is 0. The lowest BCUT2D eigenvalue weighted by Gasteiger charge is -2.15. The average molecular weight is 171 g/mol. The Kier molecular flexibility index (Phi) is 3.31. The topological polar surface area (TPSA) is 42.3 Å². The predicted molar refractivity (Wildman–Crippen MR) is 31.1 cm³/mol. The van der Waals surface area contributed by atoms with E-state index in [2.05, 4.69) is 9.47 Å². The molecular formula is C5H8F3NO2. The number of halogens is 3. The summed E-state index contributed by atoms with van der Waals surface area (Å²) in [7, 11) is 0. The lowest BCUT2D eigenvalue weighted by molar-refractivity contribution is -0.365. The van der Waals surface area contributed by atoms with Gasteiger partial charge < -0.3 is 4.74 Å². The zero-order chi connectivity index (χ0) is 9.07. The number of nitrogens with one attached hydrogen (secondary N) is 1. The Hall–Kier alpha value is -0.780. The minimum Gasteiger partial charge on any atom is -0.453 e. The van der Waals surface area contributed by atoms with Crippen LogP contribution in [0.1, 0.15) is 13.8 Å². The normalized spacial score (nSPS) is 14.3. The van der Waals surface area contributed by atoms with Gasteiger partial charge in [0.05, 0.1) is 0 Å². The fraction of sp³-hybridized carbons (Fsp3) is 0.800. The monoisotopic (exact) mass is 171 g/mol. The van der Waals surface area contributed by atoms with Crippen molar-refractivity contribution in [3.05, 3.63) is 0 Å². The van der Waals surface area contributed by atoms with E-state index >= 15 is 0 Å². The summed E-state index contributed by atoms with van der Waals surface area (Å²) in [5, 5.41) is 6.66. The molecule has 1 unspecified atom stereocenters. The molecule has 11 heavy (non-hydrogen) atoms. The number of alkyl halides is 3. The van der Waals surface area contributed by atoms with Gasteiger partial charge in [0.15, 0.2) is 5.90 Å². The summed E-state index contributed by atoms with van der Waals surface area (Å²) in [4.78, 5) is 0. The van der Waals surface area contributed by atoms with Crippen LogP contribution in [0.15, 0.2) is 0 Å². The van der Waals surface area contributed by atoms with Crippen molar-refractivity contribution in [1.29, 1.82) is 5.41 Å². The van der Waals surface area contributed by atoms with E-state index < -0.39 is 12.7 Å². The minimum absolute atomic E-state index is 0.318.